The van der Waals surface area contributed by atoms with Gasteiger partial charge in [-0.2, -0.15) is 13.2 Å². The van der Waals surface area contributed by atoms with Crippen molar-refractivity contribution >= 4 is 11.9 Å². The standard InChI is InChI=1S/C14H15F3N2O4/c1-13(12(21)22)5-6-19(7-13)11(20)9-3-2-4-10(18-9)23-8-14(15,16)17/h2-4H,5-8H2,1H3,(H,21,22). The quantitative estimate of drug-likeness (QED) is 0.912. The van der Waals surface area contributed by atoms with E-state index in [4.69, 9.17) is 5.11 Å². The predicted octanol–water partition coefficient (Wildman–Crippen LogP) is 1.96. The molecule has 1 saturated heterocycles. The van der Waals surface area contributed by atoms with E-state index in [-0.39, 0.29) is 24.7 Å². The summed E-state index contributed by atoms with van der Waals surface area (Å²) in [6, 6.07) is 3.92. The first-order valence-corrected chi connectivity index (χ1v) is 6.80. The van der Waals surface area contributed by atoms with Crippen molar-refractivity contribution in [3.63, 3.8) is 0 Å². The maximum atomic E-state index is 12.3. The van der Waals surface area contributed by atoms with Crippen LogP contribution in [-0.2, 0) is 4.79 Å². The number of carbonyl (C=O) groups is 2. The molecule has 0 aliphatic carbocycles. The van der Waals surface area contributed by atoms with Crippen molar-refractivity contribution in [1.82, 2.24) is 9.88 Å². The fourth-order valence-corrected chi connectivity index (χ4v) is 2.24. The summed E-state index contributed by atoms with van der Waals surface area (Å²) >= 11 is 0. The molecular formula is C14H15F3N2O4. The van der Waals surface area contributed by atoms with Crippen LogP contribution in [0.25, 0.3) is 0 Å². The average molecular weight is 332 g/mol. The second-order valence-electron chi connectivity index (χ2n) is 5.61. The largest absolute Gasteiger partial charge is 0.481 e. The number of carboxylic acid groups (broad SMARTS) is 1. The number of carbonyl (C=O) groups excluding carboxylic acids is 1. The summed E-state index contributed by atoms with van der Waals surface area (Å²) in [7, 11) is 0. The molecule has 1 atom stereocenters. The predicted molar refractivity (Wildman–Crippen MR) is 72.1 cm³/mol. The number of halogens is 3. The molecule has 1 amide bonds. The van der Waals surface area contributed by atoms with Gasteiger partial charge in [-0.25, -0.2) is 4.98 Å². The molecule has 1 unspecified atom stereocenters. The third kappa shape index (κ3) is 4.11. The van der Waals surface area contributed by atoms with Crippen molar-refractivity contribution in [2.24, 2.45) is 5.41 Å². The highest BCUT2D eigenvalue weighted by molar-refractivity contribution is 5.93. The van der Waals surface area contributed by atoms with Crippen molar-refractivity contribution in [3.05, 3.63) is 23.9 Å². The van der Waals surface area contributed by atoms with Gasteiger partial charge in [-0.05, 0) is 19.4 Å². The molecule has 0 saturated carbocycles. The number of nitrogens with zero attached hydrogens (tertiary/aromatic N) is 2. The summed E-state index contributed by atoms with van der Waals surface area (Å²) in [5.41, 5.74) is -1.11. The Kier molecular flexibility index (Phi) is 4.49. The molecule has 1 aliphatic heterocycles. The summed E-state index contributed by atoms with van der Waals surface area (Å²) in [5, 5.41) is 9.15. The Bertz CT molecular complexity index is 620. The van der Waals surface area contributed by atoms with Gasteiger partial charge in [0.25, 0.3) is 5.91 Å². The fraction of sp³-hybridized carbons (Fsp3) is 0.500. The molecule has 2 heterocycles. The number of rotatable bonds is 4. The monoisotopic (exact) mass is 332 g/mol. The fourth-order valence-electron chi connectivity index (χ4n) is 2.24. The molecule has 9 heteroatoms. The van der Waals surface area contributed by atoms with E-state index in [1.54, 1.807) is 6.92 Å². The molecule has 6 nitrogen and oxygen atoms in total. The van der Waals surface area contributed by atoms with Crippen LogP contribution in [0.15, 0.2) is 18.2 Å². The number of ether oxygens (including phenoxy) is 1. The van der Waals surface area contributed by atoms with E-state index >= 15 is 0 Å². The molecule has 1 aromatic rings. The molecular weight excluding hydrogens is 317 g/mol. The Morgan fingerprint density at radius 3 is 2.70 bits per heavy atom. The number of hydrogen-bond donors (Lipinski definition) is 1. The van der Waals surface area contributed by atoms with Crippen molar-refractivity contribution in [2.45, 2.75) is 19.5 Å². The minimum Gasteiger partial charge on any atom is -0.481 e. The summed E-state index contributed by atoms with van der Waals surface area (Å²) in [5.74, 6) is -1.84. The normalized spacial score (nSPS) is 21.3. The Morgan fingerprint density at radius 1 is 1.43 bits per heavy atom. The smallest absolute Gasteiger partial charge is 0.422 e. The molecule has 2 rings (SSSR count). The first-order valence-electron chi connectivity index (χ1n) is 6.80. The lowest BCUT2D eigenvalue weighted by atomic mass is 9.90. The summed E-state index contributed by atoms with van der Waals surface area (Å²) < 4.78 is 40.9. The third-order valence-corrected chi connectivity index (χ3v) is 3.60. The number of alkyl halides is 3. The van der Waals surface area contributed by atoms with Crippen LogP contribution in [-0.4, -0.2) is 52.7 Å². The zero-order valence-corrected chi connectivity index (χ0v) is 12.3. The number of carboxylic acids is 1. The molecule has 23 heavy (non-hydrogen) atoms. The van der Waals surface area contributed by atoms with E-state index in [9.17, 15) is 22.8 Å². The van der Waals surface area contributed by atoms with E-state index in [0.717, 1.165) is 0 Å². The Balaban J connectivity index is 2.07. The number of aliphatic carboxylic acids is 1. The van der Waals surface area contributed by atoms with Crippen LogP contribution in [0.1, 0.15) is 23.8 Å². The van der Waals surface area contributed by atoms with Gasteiger partial charge in [0, 0.05) is 19.2 Å². The SMILES string of the molecule is CC1(C(=O)O)CCN(C(=O)c2cccc(OCC(F)(F)F)n2)C1. The maximum Gasteiger partial charge on any atom is 0.422 e. The number of aromatic nitrogens is 1. The van der Waals surface area contributed by atoms with Gasteiger partial charge in [0.15, 0.2) is 6.61 Å². The summed E-state index contributed by atoms with van der Waals surface area (Å²) in [4.78, 5) is 28.6. The zero-order chi connectivity index (χ0) is 17.3. The molecule has 0 radical (unpaired) electrons. The first kappa shape index (κ1) is 17.0. The van der Waals surface area contributed by atoms with Crippen LogP contribution in [0, 0.1) is 5.41 Å². The lowest BCUT2D eigenvalue weighted by Crippen LogP contribution is -2.35. The van der Waals surface area contributed by atoms with Crippen LogP contribution in [0.2, 0.25) is 0 Å². The lowest BCUT2D eigenvalue weighted by Gasteiger charge is -2.20. The van der Waals surface area contributed by atoms with Gasteiger partial charge in [0.05, 0.1) is 5.41 Å². The van der Waals surface area contributed by atoms with Crippen molar-refractivity contribution in [3.8, 4) is 5.88 Å². The first-order chi connectivity index (χ1) is 10.6. The van der Waals surface area contributed by atoms with Crippen LogP contribution >= 0.6 is 0 Å². The lowest BCUT2D eigenvalue weighted by molar-refractivity contribution is -0.154. The van der Waals surface area contributed by atoms with Gasteiger partial charge >= 0.3 is 12.1 Å². The summed E-state index contributed by atoms with van der Waals surface area (Å²) in [6.07, 6.45) is -4.20. The van der Waals surface area contributed by atoms with Crippen LogP contribution < -0.4 is 4.74 Å². The Labute approximate surface area is 129 Å². The van der Waals surface area contributed by atoms with Crippen molar-refractivity contribution in [1.29, 1.82) is 0 Å². The molecule has 1 N–H and O–H groups in total. The highest BCUT2D eigenvalue weighted by atomic mass is 19.4. The topological polar surface area (TPSA) is 79.7 Å². The van der Waals surface area contributed by atoms with Crippen LogP contribution in [0.3, 0.4) is 0 Å². The number of amides is 1. The molecule has 0 aromatic carbocycles. The minimum atomic E-state index is -4.50. The number of pyridine rings is 1. The molecule has 1 fully saturated rings. The number of hydrogen-bond acceptors (Lipinski definition) is 4. The van der Waals surface area contributed by atoms with Gasteiger partial charge in [-0.15, -0.1) is 0 Å². The van der Waals surface area contributed by atoms with Gasteiger partial charge in [-0.1, -0.05) is 6.07 Å². The van der Waals surface area contributed by atoms with E-state index in [0.29, 0.717) is 6.42 Å². The van der Waals surface area contributed by atoms with E-state index in [1.807, 2.05) is 0 Å². The van der Waals surface area contributed by atoms with Crippen molar-refractivity contribution < 1.29 is 32.6 Å². The second-order valence-corrected chi connectivity index (χ2v) is 5.61. The minimum absolute atomic E-state index is 0.0243. The Hall–Kier alpha value is -2.32. The molecule has 0 bridgehead atoms. The highest BCUT2D eigenvalue weighted by Crippen LogP contribution is 2.31. The molecule has 1 aliphatic rings. The average Bonchev–Trinajstić information content (AvgIpc) is 2.88. The van der Waals surface area contributed by atoms with Gasteiger partial charge in [0.1, 0.15) is 5.69 Å². The number of likely N-dealkylation sites (tertiary alicyclic amines) is 1. The summed E-state index contributed by atoms with van der Waals surface area (Å²) in [6.45, 7) is 0.310. The van der Waals surface area contributed by atoms with Gasteiger partial charge in [0.2, 0.25) is 5.88 Å². The maximum absolute atomic E-state index is 12.3. The van der Waals surface area contributed by atoms with E-state index in [1.165, 1.54) is 23.1 Å². The van der Waals surface area contributed by atoms with Crippen LogP contribution in [0.5, 0.6) is 5.88 Å². The molecule has 0 spiro atoms. The second kappa shape index (κ2) is 6.05. The Morgan fingerprint density at radius 2 is 2.13 bits per heavy atom. The van der Waals surface area contributed by atoms with E-state index in [2.05, 4.69) is 9.72 Å². The van der Waals surface area contributed by atoms with Crippen LogP contribution in [0.4, 0.5) is 13.2 Å². The molecule has 126 valence electrons. The van der Waals surface area contributed by atoms with Gasteiger partial charge in [-0.3, -0.25) is 9.59 Å². The highest BCUT2D eigenvalue weighted by Gasteiger charge is 2.42. The van der Waals surface area contributed by atoms with E-state index < -0.39 is 30.1 Å². The van der Waals surface area contributed by atoms with Crippen molar-refractivity contribution in [2.75, 3.05) is 19.7 Å². The third-order valence-electron chi connectivity index (χ3n) is 3.60. The van der Waals surface area contributed by atoms with Gasteiger partial charge < -0.3 is 14.7 Å². The zero-order valence-electron chi connectivity index (χ0n) is 12.3. The molecule has 1 aromatic heterocycles.